The number of carbonyl (C=O) groups excluding carboxylic acids is 3. The molecule has 5 N–H and O–H groups in total. The van der Waals surface area contributed by atoms with Crippen molar-refractivity contribution in [3.05, 3.63) is 78.1 Å². The largest absolute Gasteiger partial charge is 0.347 e. The van der Waals surface area contributed by atoms with Gasteiger partial charge in [0.05, 0.1) is 24.0 Å². The van der Waals surface area contributed by atoms with Gasteiger partial charge in [0.15, 0.2) is 0 Å². The average Bonchev–Trinajstić information content (AvgIpc) is 3.63. The van der Waals surface area contributed by atoms with Crippen LogP contribution in [-0.4, -0.2) is 57.8 Å². The number of hydrogen-bond acceptors (Lipinski definition) is 5. The summed E-state index contributed by atoms with van der Waals surface area (Å²) in [6, 6.07) is 20.3. The molecule has 0 saturated carbocycles. The number of rotatable bonds is 11. The van der Waals surface area contributed by atoms with E-state index in [2.05, 4.69) is 20.6 Å². The van der Waals surface area contributed by atoms with E-state index in [1.165, 1.54) is 0 Å². The smallest absolute Gasteiger partial charge is 0.243 e. The lowest BCUT2D eigenvalue weighted by Gasteiger charge is -2.26. The summed E-state index contributed by atoms with van der Waals surface area (Å²) in [6.45, 7) is 1.26. The van der Waals surface area contributed by atoms with Crippen molar-refractivity contribution in [2.75, 3.05) is 13.1 Å². The molecule has 2 heterocycles. The first-order valence-electron chi connectivity index (χ1n) is 14.0. The number of fused-ring (bicyclic) bond motifs is 2. The van der Waals surface area contributed by atoms with Crippen molar-refractivity contribution in [2.24, 2.45) is 5.73 Å². The number of imidazole rings is 1. The van der Waals surface area contributed by atoms with Gasteiger partial charge in [0.25, 0.3) is 0 Å². The van der Waals surface area contributed by atoms with E-state index in [0.717, 1.165) is 40.2 Å². The van der Waals surface area contributed by atoms with Crippen LogP contribution in [0, 0.1) is 0 Å². The number of benzene rings is 3. The second kappa shape index (κ2) is 12.7. The number of nitrogens with zero attached hydrogens (tertiary/aromatic N) is 2. The van der Waals surface area contributed by atoms with Gasteiger partial charge in [0.1, 0.15) is 17.9 Å². The van der Waals surface area contributed by atoms with E-state index in [1.54, 1.807) is 4.90 Å². The Morgan fingerprint density at radius 1 is 1.02 bits per heavy atom. The highest BCUT2D eigenvalue weighted by molar-refractivity contribution is 5.94. The average molecular weight is 541 g/mol. The number of hydrogen-bond donors (Lipinski definition) is 4. The maximum atomic E-state index is 13.4. The number of unbranched alkanes of at least 4 members (excludes halogenated alkanes) is 1. The maximum Gasteiger partial charge on any atom is 0.243 e. The summed E-state index contributed by atoms with van der Waals surface area (Å²) in [5, 5.41) is 7.97. The Hall–Kier alpha value is -4.24. The van der Waals surface area contributed by atoms with Crippen LogP contribution < -0.4 is 16.4 Å². The van der Waals surface area contributed by atoms with Gasteiger partial charge in [0, 0.05) is 6.54 Å². The lowest BCUT2D eigenvalue weighted by molar-refractivity contribution is -0.139. The first-order valence-corrected chi connectivity index (χ1v) is 14.0. The minimum atomic E-state index is -0.723. The van der Waals surface area contributed by atoms with Gasteiger partial charge in [-0.05, 0) is 67.1 Å². The standard InChI is InChI=1S/C31H36N6O3/c32-17-6-5-15-26(30(39)33-20-28-34-24-13-3-4-14-25(24)35-28)36-31(40)27-16-8-18-37(27)29(38)19-22-11-7-10-21-9-1-2-12-23(21)22/h1-4,7,9-14,26-27H,5-6,8,15-20,32H2,(H,33,39)(H,34,35)(H,36,40)/t26?,27-/m0/s1. The molecule has 0 bridgehead atoms. The highest BCUT2D eigenvalue weighted by Gasteiger charge is 2.35. The number of amides is 3. The molecule has 1 aromatic heterocycles. The number of nitrogens with two attached hydrogens (primary N) is 1. The summed E-state index contributed by atoms with van der Waals surface area (Å²) >= 11 is 0. The number of para-hydroxylation sites is 2. The summed E-state index contributed by atoms with van der Waals surface area (Å²) in [5.41, 5.74) is 8.34. The van der Waals surface area contributed by atoms with Crippen LogP contribution in [0.3, 0.4) is 0 Å². The van der Waals surface area contributed by atoms with Crippen LogP contribution in [0.1, 0.15) is 43.5 Å². The number of nitrogens with one attached hydrogen (secondary N) is 3. The Morgan fingerprint density at radius 2 is 1.82 bits per heavy atom. The number of H-pyrrole nitrogens is 1. The van der Waals surface area contributed by atoms with Gasteiger partial charge in [-0.25, -0.2) is 4.98 Å². The second-order valence-electron chi connectivity index (χ2n) is 10.3. The van der Waals surface area contributed by atoms with Crippen molar-refractivity contribution < 1.29 is 14.4 Å². The first-order chi connectivity index (χ1) is 19.5. The van der Waals surface area contributed by atoms with Crippen molar-refractivity contribution in [3.63, 3.8) is 0 Å². The predicted octanol–water partition coefficient (Wildman–Crippen LogP) is 3.18. The third-order valence-corrected chi connectivity index (χ3v) is 7.55. The molecule has 1 saturated heterocycles. The molecule has 0 spiro atoms. The summed E-state index contributed by atoms with van der Waals surface area (Å²) in [7, 11) is 0. The van der Waals surface area contributed by atoms with Gasteiger partial charge in [-0.15, -0.1) is 0 Å². The highest BCUT2D eigenvalue weighted by Crippen LogP contribution is 2.23. The maximum absolute atomic E-state index is 13.4. The fourth-order valence-corrected chi connectivity index (χ4v) is 5.46. The van der Waals surface area contributed by atoms with Crippen LogP contribution in [0.25, 0.3) is 21.8 Å². The molecule has 208 valence electrons. The summed E-state index contributed by atoms with van der Waals surface area (Å²) < 4.78 is 0. The molecule has 1 aliphatic heterocycles. The fraction of sp³-hybridized carbons (Fsp3) is 0.355. The van der Waals surface area contributed by atoms with Crippen molar-refractivity contribution >= 4 is 39.5 Å². The van der Waals surface area contributed by atoms with Gasteiger partial charge in [-0.3, -0.25) is 14.4 Å². The van der Waals surface area contributed by atoms with Crippen LogP contribution in [0.2, 0.25) is 0 Å². The number of carbonyl (C=O) groups is 3. The van der Waals surface area contributed by atoms with Crippen molar-refractivity contribution in [2.45, 2.75) is 57.2 Å². The SMILES string of the molecule is NCCCCC(NC(=O)[C@@H]1CCCN1C(=O)Cc1cccc2ccccc12)C(=O)NCc1nc2ccccc2[nH]1. The Bertz CT molecular complexity index is 1460. The van der Waals surface area contributed by atoms with Crippen LogP contribution in [0.5, 0.6) is 0 Å². The van der Waals surface area contributed by atoms with Gasteiger partial charge in [-0.1, -0.05) is 54.6 Å². The molecular weight excluding hydrogens is 504 g/mol. The Balaban J connectivity index is 1.23. The van der Waals surface area contributed by atoms with Crippen molar-refractivity contribution in [3.8, 4) is 0 Å². The summed E-state index contributed by atoms with van der Waals surface area (Å²) in [5.74, 6) is -0.0107. The molecular formula is C31H36N6O3. The molecule has 1 fully saturated rings. The molecule has 1 unspecified atom stereocenters. The van der Waals surface area contributed by atoms with E-state index in [4.69, 9.17) is 5.73 Å². The second-order valence-corrected chi connectivity index (χ2v) is 10.3. The number of aromatic amines is 1. The predicted molar refractivity (Wildman–Crippen MR) is 155 cm³/mol. The van der Waals surface area contributed by atoms with Gasteiger partial charge < -0.3 is 26.3 Å². The van der Waals surface area contributed by atoms with Crippen LogP contribution in [-0.2, 0) is 27.3 Å². The molecule has 9 heteroatoms. The zero-order chi connectivity index (χ0) is 27.9. The third kappa shape index (κ3) is 6.31. The zero-order valence-electron chi connectivity index (χ0n) is 22.6. The van der Waals surface area contributed by atoms with Crippen LogP contribution in [0.15, 0.2) is 66.7 Å². The lowest BCUT2D eigenvalue weighted by atomic mass is 10.0. The molecule has 1 aliphatic rings. The van der Waals surface area contributed by atoms with E-state index in [-0.39, 0.29) is 30.7 Å². The highest BCUT2D eigenvalue weighted by atomic mass is 16.2. The lowest BCUT2D eigenvalue weighted by Crippen LogP contribution is -2.53. The third-order valence-electron chi connectivity index (χ3n) is 7.55. The fourth-order valence-electron chi connectivity index (χ4n) is 5.46. The Labute approximate surface area is 233 Å². The van der Waals surface area contributed by atoms with E-state index in [9.17, 15) is 14.4 Å². The number of likely N-dealkylation sites (tertiary alicyclic amines) is 1. The molecule has 0 radical (unpaired) electrons. The molecule has 4 aromatic rings. The minimum Gasteiger partial charge on any atom is -0.347 e. The van der Waals surface area contributed by atoms with Crippen LogP contribution >= 0.6 is 0 Å². The molecule has 3 aromatic carbocycles. The minimum absolute atomic E-state index is 0.0805. The van der Waals surface area contributed by atoms with Crippen molar-refractivity contribution in [1.29, 1.82) is 0 Å². The quantitative estimate of drug-likeness (QED) is 0.217. The molecule has 3 amide bonds. The van der Waals surface area contributed by atoms with Gasteiger partial charge in [0.2, 0.25) is 17.7 Å². The van der Waals surface area contributed by atoms with Crippen LogP contribution in [0.4, 0.5) is 0 Å². The molecule has 9 nitrogen and oxygen atoms in total. The normalized spacial score (nSPS) is 15.8. The van der Waals surface area contributed by atoms with E-state index >= 15 is 0 Å². The van der Waals surface area contributed by atoms with Gasteiger partial charge >= 0.3 is 0 Å². The molecule has 0 aliphatic carbocycles. The monoisotopic (exact) mass is 540 g/mol. The topological polar surface area (TPSA) is 133 Å². The van der Waals surface area contributed by atoms with Gasteiger partial charge in [-0.2, -0.15) is 0 Å². The zero-order valence-corrected chi connectivity index (χ0v) is 22.6. The summed E-state index contributed by atoms with van der Waals surface area (Å²) in [6.07, 6.45) is 3.46. The van der Waals surface area contributed by atoms with E-state index in [1.807, 2.05) is 66.7 Å². The van der Waals surface area contributed by atoms with E-state index in [0.29, 0.717) is 38.2 Å². The molecule has 2 atom stereocenters. The number of aromatic nitrogens is 2. The van der Waals surface area contributed by atoms with E-state index < -0.39 is 12.1 Å². The molecule has 40 heavy (non-hydrogen) atoms. The van der Waals surface area contributed by atoms with Crippen molar-refractivity contribution in [1.82, 2.24) is 25.5 Å². The Morgan fingerprint density at radius 3 is 2.67 bits per heavy atom. The summed E-state index contributed by atoms with van der Waals surface area (Å²) in [4.78, 5) is 49.4. The Kier molecular flexibility index (Phi) is 8.71. The first kappa shape index (κ1) is 27.3. The molecule has 5 rings (SSSR count).